The monoisotopic (exact) mass is 333 g/mol. The maximum Gasteiger partial charge on any atom is 0.220 e. The molecule has 0 spiro atoms. The summed E-state index contributed by atoms with van der Waals surface area (Å²) < 4.78 is 0. The third-order valence-electron chi connectivity index (χ3n) is 4.30. The van der Waals surface area contributed by atoms with Crippen molar-refractivity contribution in [2.24, 2.45) is 17.6 Å². The van der Waals surface area contributed by atoms with Gasteiger partial charge in [0.15, 0.2) is 0 Å². The number of carbonyl (C=O) groups is 1. The lowest BCUT2D eigenvalue weighted by atomic mass is 9.89. The van der Waals surface area contributed by atoms with E-state index >= 15 is 0 Å². The summed E-state index contributed by atoms with van der Waals surface area (Å²) in [4.78, 5) is 11.3. The minimum absolute atomic E-state index is 0.0216. The number of carbonyl (C=O) groups excluding carboxylic acids is 1. The van der Waals surface area contributed by atoms with Crippen LogP contribution in [0.3, 0.4) is 0 Å². The molecule has 3 N–H and O–H groups in total. The highest BCUT2D eigenvalue weighted by atomic mass is 16.3. The highest BCUT2D eigenvalue weighted by Gasteiger charge is 2.21. The van der Waals surface area contributed by atoms with Gasteiger partial charge in [0.05, 0.1) is 0 Å². The van der Waals surface area contributed by atoms with E-state index in [1.54, 1.807) is 0 Å². The largest absolute Gasteiger partial charge is 0.396 e. The number of rotatable bonds is 13. The van der Waals surface area contributed by atoms with Crippen molar-refractivity contribution in [3.8, 4) is 23.7 Å². The smallest absolute Gasteiger partial charge is 0.220 e. The van der Waals surface area contributed by atoms with Crippen LogP contribution in [0.15, 0.2) is 0 Å². The topological polar surface area (TPSA) is 63.3 Å². The Morgan fingerprint density at radius 1 is 0.958 bits per heavy atom. The first-order valence-corrected chi connectivity index (χ1v) is 9.49. The molecule has 2 unspecified atom stereocenters. The van der Waals surface area contributed by atoms with Crippen LogP contribution >= 0.6 is 0 Å². The summed E-state index contributed by atoms with van der Waals surface area (Å²) >= 11 is 0. The Balaban J connectivity index is 3.59. The van der Waals surface area contributed by atoms with E-state index in [0.29, 0.717) is 0 Å². The number of hydrogen-bond acceptors (Lipinski definition) is 2. The van der Waals surface area contributed by atoms with Gasteiger partial charge in [-0.25, -0.2) is 0 Å². The van der Waals surface area contributed by atoms with Crippen molar-refractivity contribution in [2.75, 3.05) is 6.61 Å². The summed E-state index contributed by atoms with van der Waals surface area (Å²) in [6.45, 7) is 4.09. The van der Waals surface area contributed by atoms with Crippen LogP contribution in [0.1, 0.15) is 84.5 Å². The Morgan fingerprint density at radius 2 is 1.50 bits per heavy atom. The van der Waals surface area contributed by atoms with Gasteiger partial charge >= 0.3 is 0 Å². The van der Waals surface area contributed by atoms with Crippen LogP contribution in [0.4, 0.5) is 0 Å². The van der Waals surface area contributed by atoms with Gasteiger partial charge in [0, 0.05) is 25.4 Å². The van der Waals surface area contributed by atoms with E-state index in [9.17, 15) is 4.79 Å². The molecule has 0 aromatic heterocycles. The fourth-order valence-electron chi connectivity index (χ4n) is 2.62. The molecule has 0 saturated heterocycles. The summed E-state index contributed by atoms with van der Waals surface area (Å²) in [5.41, 5.74) is 5.39. The SMILES string of the molecule is CCCCCC#CC#CCCCCCCCC(C(N)=O)C(C)CO. The lowest BCUT2D eigenvalue weighted by molar-refractivity contribution is -0.124. The molecular weight excluding hydrogens is 298 g/mol. The van der Waals surface area contributed by atoms with Crippen LogP contribution in [-0.2, 0) is 4.79 Å². The fourth-order valence-corrected chi connectivity index (χ4v) is 2.62. The molecule has 0 bridgehead atoms. The second-order valence-electron chi connectivity index (χ2n) is 6.54. The summed E-state index contributed by atoms with van der Waals surface area (Å²) in [5.74, 6) is 11.5. The minimum Gasteiger partial charge on any atom is -0.396 e. The number of aliphatic hydroxyl groups excluding tert-OH is 1. The Kier molecular flexibility index (Phi) is 15.4. The van der Waals surface area contributed by atoms with Crippen LogP contribution in [0, 0.1) is 35.5 Å². The molecule has 24 heavy (non-hydrogen) atoms. The first-order chi connectivity index (χ1) is 11.6. The van der Waals surface area contributed by atoms with Crippen LogP contribution < -0.4 is 5.73 Å². The molecule has 0 fully saturated rings. The lowest BCUT2D eigenvalue weighted by Crippen LogP contribution is -2.30. The predicted octanol–water partition coefficient (Wildman–Crippen LogP) is 4.03. The molecule has 0 aliphatic heterocycles. The molecule has 0 aliphatic carbocycles. The van der Waals surface area contributed by atoms with Gasteiger partial charge in [-0.3, -0.25) is 4.79 Å². The van der Waals surface area contributed by atoms with Crippen molar-refractivity contribution in [1.82, 2.24) is 0 Å². The average Bonchev–Trinajstić information content (AvgIpc) is 2.57. The number of hydrogen-bond donors (Lipinski definition) is 2. The van der Waals surface area contributed by atoms with E-state index in [4.69, 9.17) is 10.8 Å². The van der Waals surface area contributed by atoms with Crippen molar-refractivity contribution in [3.63, 3.8) is 0 Å². The summed E-state index contributed by atoms with van der Waals surface area (Å²) in [7, 11) is 0. The summed E-state index contributed by atoms with van der Waals surface area (Å²) in [5, 5.41) is 9.14. The van der Waals surface area contributed by atoms with Gasteiger partial charge in [0.2, 0.25) is 5.91 Å². The number of amides is 1. The number of aliphatic hydroxyl groups is 1. The van der Waals surface area contributed by atoms with Gasteiger partial charge in [-0.1, -0.05) is 64.2 Å². The highest BCUT2D eigenvalue weighted by Crippen LogP contribution is 2.19. The van der Waals surface area contributed by atoms with Crippen LogP contribution in [0.5, 0.6) is 0 Å². The van der Waals surface area contributed by atoms with Gasteiger partial charge in [-0.2, -0.15) is 0 Å². The van der Waals surface area contributed by atoms with E-state index in [2.05, 4.69) is 30.6 Å². The molecule has 3 heteroatoms. The molecule has 0 heterocycles. The number of nitrogens with two attached hydrogens (primary N) is 1. The predicted molar refractivity (Wildman–Crippen MR) is 101 cm³/mol. The molecule has 2 atom stereocenters. The van der Waals surface area contributed by atoms with Gasteiger partial charge in [-0.15, -0.1) is 0 Å². The summed E-state index contributed by atoms with van der Waals surface area (Å²) in [6.07, 6.45) is 11.8. The second-order valence-corrected chi connectivity index (χ2v) is 6.54. The zero-order valence-corrected chi connectivity index (χ0v) is 15.6. The highest BCUT2D eigenvalue weighted by molar-refractivity contribution is 5.76. The quantitative estimate of drug-likeness (QED) is 0.395. The average molecular weight is 334 g/mol. The third kappa shape index (κ3) is 13.0. The minimum atomic E-state index is -0.289. The zero-order chi connectivity index (χ0) is 18.0. The van der Waals surface area contributed by atoms with Crippen molar-refractivity contribution in [1.29, 1.82) is 0 Å². The van der Waals surface area contributed by atoms with E-state index in [1.165, 1.54) is 19.3 Å². The van der Waals surface area contributed by atoms with Gasteiger partial charge in [0.1, 0.15) is 0 Å². The molecule has 136 valence electrons. The first-order valence-electron chi connectivity index (χ1n) is 9.49. The third-order valence-corrected chi connectivity index (χ3v) is 4.30. The van der Waals surface area contributed by atoms with Crippen molar-refractivity contribution in [3.05, 3.63) is 0 Å². The van der Waals surface area contributed by atoms with E-state index in [0.717, 1.165) is 51.4 Å². The molecule has 1 amide bonds. The molecule has 0 aromatic carbocycles. The van der Waals surface area contributed by atoms with E-state index in [-0.39, 0.29) is 24.3 Å². The summed E-state index contributed by atoms with van der Waals surface area (Å²) in [6, 6.07) is 0. The van der Waals surface area contributed by atoms with Crippen molar-refractivity contribution >= 4 is 5.91 Å². The molecule has 0 rings (SSSR count). The van der Waals surface area contributed by atoms with Crippen molar-refractivity contribution in [2.45, 2.75) is 84.5 Å². The van der Waals surface area contributed by atoms with Crippen LogP contribution in [0.2, 0.25) is 0 Å². The molecule has 0 aliphatic rings. The first kappa shape index (κ1) is 22.6. The Bertz CT molecular complexity index is 436. The fraction of sp³-hybridized carbons (Fsp3) is 0.762. The number of unbranched alkanes of at least 4 members (excludes halogenated alkanes) is 8. The van der Waals surface area contributed by atoms with E-state index < -0.39 is 0 Å². The maximum absolute atomic E-state index is 11.3. The maximum atomic E-state index is 11.3. The molecular formula is C21H35NO2. The zero-order valence-electron chi connectivity index (χ0n) is 15.6. The lowest BCUT2D eigenvalue weighted by Gasteiger charge is -2.18. The second kappa shape index (κ2) is 16.4. The van der Waals surface area contributed by atoms with Crippen molar-refractivity contribution < 1.29 is 9.90 Å². The molecule has 3 nitrogen and oxygen atoms in total. The van der Waals surface area contributed by atoms with Gasteiger partial charge in [-0.05, 0) is 37.0 Å². The van der Waals surface area contributed by atoms with Crippen LogP contribution in [0.25, 0.3) is 0 Å². The van der Waals surface area contributed by atoms with E-state index in [1.807, 2.05) is 6.92 Å². The Labute approximate surface area is 148 Å². The van der Waals surface area contributed by atoms with Gasteiger partial charge < -0.3 is 10.8 Å². The Morgan fingerprint density at radius 3 is 2.04 bits per heavy atom. The normalized spacial score (nSPS) is 12.5. The molecule has 0 radical (unpaired) electrons. The molecule has 0 saturated carbocycles. The van der Waals surface area contributed by atoms with Gasteiger partial charge in [0.25, 0.3) is 0 Å². The van der Waals surface area contributed by atoms with Crippen LogP contribution in [-0.4, -0.2) is 17.6 Å². The standard InChI is InChI=1S/C21H35NO2/c1-3-4-5-6-7-8-9-10-11-12-13-14-15-16-17-20(21(22)24)19(2)18-23/h19-20,23H,3-6,11-18H2,1-2H3,(H2,22,24). The molecule has 0 aromatic rings. The number of primary amides is 1. The Hall–Kier alpha value is -1.45.